The van der Waals surface area contributed by atoms with Crippen LogP contribution in [0.15, 0.2) is 30.7 Å². The van der Waals surface area contributed by atoms with E-state index in [0.717, 1.165) is 27.8 Å². The van der Waals surface area contributed by atoms with Gasteiger partial charge >= 0.3 is 0 Å². The molecule has 0 aliphatic carbocycles. The van der Waals surface area contributed by atoms with Crippen molar-refractivity contribution in [2.75, 3.05) is 29.4 Å². The van der Waals surface area contributed by atoms with Crippen molar-refractivity contribution in [2.24, 2.45) is 7.05 Å². The van der Waals surface area contributed by atoms with E-state index >= 15 is 0 Å². The number of halogens is 1. The number of carbonyl (C=O) groups excluding carboxylic acids is 1. The standard InChI is InChI=1S/C19H19FN6OS/c1-24-11-14(9-22-24)26-7-5-15-17(19(26)27)28-18(23-15)12-2-3-16(21-8-12)25-6-4-13(20)10-25/h2-3,8-9,11,13H,4-7,10H2,1H3/t13-/m1/s1. The zero-order chi connectivity index (χ0) is 19.3. The van der Waals surface area contributed by atoms with Crippen LogP contribution in [-0.2, 0) is 13.5 Å². The molecule has 1 atom stereocenters. The lowest BCUT2D eigenvalue weighted by Gasteiger charge is -2.24. The van der Waals surface area contributed by atoms with Crippen LogP contribution in [0.1, 0.15) is 21.8 Å². The van der Waals surface area contributed by atoms with Gasteiger partial charge in [0.15, 0.2) is 0 Å². The van der Waals surface area contributed by atoms with Gasteiger partial charge in [0.25, 0.3) is 5.91 Å². The Hall–Kier alpha value is -2.81. The van der Waals surface area contributed by atoms with Crippen molar-refractivity contribution in [1.82, 2.24) is 19.7 Å². The molecule has 3 aromatic rings. The monoisotopic (exact) mass is 398 g/mol. The predicted molar refractivity (Wildman–Crippen MR) is 106 cm³/mol. The maximum atomic E-state index is 13.4. The minimum Gasteiger partial charge on any atom is -0.354 e. The van der Waals surface area contributed by atoms with Crippen molar-refractivity contribution in [1.29, 1.82) is 0 Å². The first-order valence-corrected chi connectivity index (χ1v) is 10.1. The van der Waals surface area contributed by atoms with Gasteiger partial charge in [-0.2, -0.15) is 5.10 Å². The molecule has 1 fully saturated rings. The summed E-state index contributed by atoms with van der Waals surface area (Å²) >= 11 is 1.40. The summed E-state index contributed by atoms with van der Waals surface area (Å²) in [6.45, 7) is 1.69. The smallest absolute Gasteiger partial charge is 0.270 e. The third kappa shape index (κ3) is 2.95. The Kier molecular flexibility index (Phi) is 4.12. The fourth-order valence-corrected chi connectivity index (χ4v) is 4.72. The Labute approximate surface area is 165 Å². The molecule has 5 rings (SSSR count). The van der Waals surface area contributed by atoms with Crippen LogP contribution < -0.4 is 9.80 Å². The van der Waals surface area contributed by atoms with Crippen LogP contribution in [0, 0.1) is 0 Å². The third-order valence-corrected chi connectivity index (χ3v) is 6.30. The first kappa shape index (κ1) is 17.3. The molecule has 28 heavy (non-hydrogen) atoms. The number of amides is 1. The molecule has 3 aromatic heterocycles. The second kappa shape index (κ2) is 6.66. The van der Waals surface area contributed by atoms with Gasteiger partial charge in [-0.25, -0.2) is 14.4 Å². The molecule has 2 aliphatic rings. The van der Waals surface area contributed by atoms with Crippen molar-refractivity contribution in [3.63, 3.8) is 0 Å². The summed E-state index contributed by atoms with van der Waals surface area (Å²) in [4.78, 5) is 26.5. The fourth-order valence-electron chi connectivity index (χ4n) is 3.67. The number of aromatic nitrogens is 4. The van der Waals surface area contributed by atoms with Crippen molar-refractivity contribution in [3.05, 3.63) is 41.3 Å². The van der Waals surface area contributed by atoms with Gasteiger partial charge in [0, 0.05) is 44.5 Å². The molecule has 7 nitrogen and oxygen atoms in total. The highest BCUT2D eigenvalue weighted by molar-refractivity contribution is 7.17. The fraction of sp³-hybridized carbons (Fsp3) is 0.368. The summed E-state index contributed by atoms with van der Waals surface area (Å²) in [7, 11) is 1.83. The number of hydrogen-bond donors (Lipinski definition) is 0. The number of pyridine rings is 1. The summed E-state index contributed by atoms with van der Waals surface area (Å²) in [5.74, 6) is 0.748. The van der Waals surface area contributed by atoms with Crippen LogP contribution >= 0.6 is 11.3 Å². The maximum Gasteiger partial charge on any atom is 0.270 e. The number of rotatable bonds is 3. The Balaban J connectivity index is 1.39. The van der Waals surface area contributed by atoms with E-state index in [0.29, 0.717) is 37.4 Å². The molecule has 0 bridgehead atoms. The van der Waals surface area contributed by atoms with Crippen molar-refractivity contribution in [2.45, 2.75) is 19.0 Å². The van der Waals surface area contributed by atoms with Gasteiger partial charge in [-0.3, -0.25) is 9.48 Å². The van der Waals surface area contributed by atoms with Crippen LogP contribution in [0.2, 0.25) is 0 Å². The summed E-state index contributed by atoms with van der Waals surface area (Å²) in [6.07, 6.45) is 5.79. The number of thiazole rings is 1. The largest absolute Gasteiger partial charge is 0.354 e. The Morgan fingerprint density at radius 1 is 1.25 bits per heavy atom. The normalized spacial score (nSPS) is 19.4. The molecule has 5 heterocycles. The van der Waals surface area contributed by atoms with E-state index in [2.05, 4.69) is 15.1 Å². The number of nitrogens with zero attached hydrogens (tertiary/aromatic N) is 6. The molecule has 0 saturated carbocycles. The Morgan fingerprint density at radius 3 is 2.82 bits per heavy atom. The van der Waals surface area contributed by atoms with Crippen LogP contribution in [0.5, 0.6) is 0 Å². The SMILES string of the molecule is Cn1cc(N2CCc3nc(-c4ccc(N5CC[C@@H](F)C5)nc4)sc3C2=O)cn1. The zero-order valence-electron chi connectivity index (χ0n) is 15.4. The van der Waals surface area contributed by atoms with E-state index in [4.69, 9.17) is 0 Å². The second-order valence-corrected chi connectivity index (χ2v) is 8.11. The quantitative estimate of drug-likeness (QED) is 0.679. The summed E-state index contributed by atoms with van der Waals surface area (Å²) in [5, 5.41) is 4.94. The number of anilines is 2. The molecule has 144 valence electrons. The predicted octanol–water partition coefficient (Wildman–Crippen LogP) is 2.69. The van der Waals surface area contributed by atoms with E-state index in [1.165, 1.54) is 11.3 Å². The van der Waals surface area contributed by atoms with Gasteiger partial charge < -0.3 is 9.80 Å². The molecule has 0 radical (unpaired) electrons. The highest BCUT2D eigenvalue weighted by Gasteiger charge is 2.30. The first-order valence-electron chi connectivity index (χ1n) is 9.24. The molecule has 0 spiro atoms. The molecule has 0 aromatic carbocycles. The zero-order valence-corrected chi connectivity index (χ0v) is 16.2. The van der Waals surface area contributed by atoms with Crippen LogP contribution in [0.25, 0.3) is 10.6 Å². The maximum absolute atomic E-state index is 13.4. The number of carbonyl (C=O) groups is 1. The van der Waals surface area contributed by atoms with Gasteiger partial charge in [0.05, 0.1) is 24.1 Å². The van der Waals surface area contributed by atoms with Crippen molar-refractivity contribution < 1.29 is 9.18 Å². The van der Waals surface area contributed by atoms with Gasteiger partial charge in [-0.15, -0.1) is 11.3 Å². The minimum absolute atomic E-state index is 0.0337. The van der Waals surface area contributed by atoms with E-state index in [9.17, 15) is 9.18 Å². The molecular weight excluding hydrogens is 379 g/mol. The summed E-state index contributed by atoms with van der Waals surface area (Å²) < 4.78 is 15.1. The van der Waals surface area contributed by atoms with Gasteiger partial charge in [0.1, 0.15) is 21.9 Å². The van der Waals surface area contributed by atoms with E-state index in [1.807, 2.05) is 30.3 Å². The van der Waals surface area contributed by atoms with E-state index in [1.54, 1.807) is 22.0 Å². The van der Waals surface area contributed by atoms with E-state index in [-0.39, 0.29) is 5.91 Å². The number of fused-ring (bicyclic) bond motifs is 1. The van der Waals surface area contributed by atoms with Crippen molar-refractivity contribution >= 4 is 28.7 Å². The lowest BCUT2D eigenvalue weighted by Crippen LogP contribution is -2.36. The van der Waals surface area contributed by atoms with E-state index < -0.39 is 6.17 Å². The Bertz CT molecular complexity index is 1030. The molecule has 0 unspecified atom stereocenters. The average Bonchev–Trinajstić information content (AvgIpc) is 3.42. The minimum atomic E-state index is -0.777. The molecule has 1 saturated heterocycles. The van der Waals surface area contributed by atoms with Crippen molar-refractivity contribution in [3.8, 4) is 10.6 Å². The lowest BCUT2D eigenvalue weighted by atomic mass is 10.1. The lowest BCUT2D eigenvalue weighted by molar-refractivity contribution is 0.0984. The number of aryl methyl sites for hydroxylation is 1. The molecule has 9 heteroatoms. The Morgan fingerprint density at radius 2 is 2.14 bits per heavy atom. The molecule has 0 N–H and O–H groups in total. The highest BCUT2D eigenvalue weighted by atomic mass is 32.1. The summed E-state index contributed by atoms with van der Waals surface area (Å²) in [6, 6.07) is 3.85. The average molecular weight is 398 g/mol. The topological polar surface area (TPSA) is 67.2 Å². The molecule has 2 aliphatic heterocycles. The van der Waals surface area contributed by atoms with Crippen LogP contribution in [0.3, 0.4) is 0 Å². The highest BCUT2D eigenvalue weighted by Crippen LogP contribution is 2.33. The van der Waals surface area contributed by atoms with Crippen LogP contribution in [0.4, 0.5) is 15.9 Å². The summed E-state index contributed by atoms with van der Waals surface area (Å²) in [5.41, 5.74) is 2.52. The van der Waals surface area contributed by atoms with Gasteiger partial charge in [-0.1, -0.05) is 0 Å². The number of hydrogen-bond acceptors (Lipinski definition) is 6. The first-order chi connectivity index (χ1) is 13.6. The second-order valence-electron chi connectivity index (χ2n) is 7.11. The number of alkyl halides is 1. The molecule has 1 amide bonds. The van der Waals surface area contributed by atoms with Gasteiger partial charge in [0.2, 0.25) is 0 Å². The third-order valence-electron chi connectivity index (χ3n) is 5.16. The molecular formula is C19H19FN6OS. The van der Waals surface area contributed by atoms with Gasteiger partial charge in [-0.05, 0) is 18.6 Å². The van der Waals surface area contributed by atoms with Crippen LogP contribution in [-0.4, -0.2) is 51.5 Å².